The number of nitrogens with one attached hydrogen (secondary N) is 1. The van der Waals surface area contributed by atoms with Gasteiger partial charge in [0.2, 0.25) is 11.8 Å². The summed E-state index contributed by atoms with van der Waals surface area (Å²) in [4.78, 5) is 28.2. The average Bonchev–Trinajstić information content (AvgIpc) is 2.93. The zero-order chi connectivity index (χ0) is 26.4. The van der Waals surface area contributed by atoms with Crippen LogP contribution in [0.5, 0.6) is 0 Å². The number of benzene rings is 3. The van der Waals surface area contributed by atoms with Crippen molar-refractivity contribution in [2.75, 3.05) is 18.8 Å². The van der Waals surface area contributed by atoms with Crippen LogP contribution in [0.2, 0.25) is 5.02 Å². The number of rotatable bonds is 8. The largest absolute Gasteiger partial charge is 0.380 e. The molecule has 4 rings (SSSR count). The predicted octanol–water partition coefficient (Wildman–Crippen LogP) is 5.42. The van der Waals surface area contributed by atoms with Crippen molar-refractivity contribution in [3.8, 4) is 0 Å². The van der Waals surface area contributed by atoms with Gasteiger partial charge in [-0.25, -0.2) is 0 Å². The van der Waals surface area contributed by atoms with Crippen LogP contribution in [0.1, 0.15) is 36.5 Å². The second-order valence-corrected chi connectivity index (χ2v) is 11.1. The number of piperidine rings is 1. The van der Waals surface area contributed by atoms with Gasteiger partial charge in [-0.1, -0.05) is 78.3 Å². The summed E-state index contributed by atoms with van der Waals surface area (Å²) in [6, 6.07) is 24.7. The van der Waals surface area contributed by atoms with E-state index in [9.17, 15) is 14.7 Å². The summed E-state index contributed by atoms with van der Waals surface area (Å²) < 4.78 is 0. The molecule has 5 nitrogen and oxygen atoms in total. The lowest BCUT2D eigenvalue weighted by Crippen LogP contribution is -2.53. The Morgan fingerprint density at radius 2 is 1.59 bits per heavy atom. The maximum absolute atomic E-state index is 13.5. The van der Waals surface area contributed by atoms with Gasteiger partial charge in [-0.3, -0.25) is 9.59 Å². The Hall–Kier alpha value is -2.80. The van der Waals surface area contributed by atoms with Gasteiger partial charge in [0.1, 0.15) is 11.6 Å². The van der Waals surface area contributed by atoms with Gasteiger partial charge in [-0.2, -0.15) is 0 Å². The zero-order valence-electron chi connectivity index (χ0n) is 21.2. The highest BCUT2D eigenvalue weighted by atomic mass is 35.5. The molecule has 194 valence electrons. The quantitative estimate of drug-likeness (QED) is 0.377. The molecule has 7 heteroatoms. The molecule has 1 aliphatic heterocycles. The van der Waals surface area contributed by atoms with Gasteiger partial charge in [0.15, 0.2) is 0 Å². The van der Waals surface area contributed by atoms with Crippen LogP contribution in [0.3, 0.4) is 0 Å². The van der Waals surface area contributed by atoms with Crippen LogP contribution in [0.15, 0.2) is 83.8 Å². The van der Waals surface area contributed by atoms with Crippen molar-refractivity contribution in [3.05, 3.63) is 101 Å². The molecule has 0 aliphatic carbocycles. The number of hydrogen-bond acceptors (Lipinski definition) is 4. The topological polar surface area (TPSA) is 69.6 Å². The monoisotopic (exact) mass is 536 g/mol. The second-order valence-electron chi connectivity index (χ2n) is 9.57. The van der Waals surface area contributed by atoms with Crippen LogP contribution >= 0.6 is 23.4 Å². The third-order valence-corrected chi connectivity index (χ3v) is 8.56. The molecule has 1 aliphatic rings. The Labute approximate surface area is 228 Å². The molecule has 2 N–H and O–H groups in total. The first kappa shape index (κ1) is 27.2. The van der Waals surface area contributed by atoms with Crippen molar-refractivity contribution < 1.29 is 14.7 Å². The van der Waals surface area contributed by atoms with Gasteiger partial charge in [-0.15, -0.1) is 11.8 Å². The summed E-state index contributed by atoms with van der Waals surface area (Å²) in [5, 5.41) is 15.6. The molecule has 1 unspecified atom stereocenters. The fourth-order valence-electron chi connectivity index (χ4n) is 5.02. The van der Waals surface area contributed by atoms with E-state index in [0.717, 1.165) is 21.6 Å². The van der Waals surface area contributed by atoms with E-state index in [1.54, 1.807) is 0 Å². The average molecular weight is 537 g/mol. The Bertz CT molecular complexity index is 1170. The molecule has 1 saturated heterocycles. The number of hydrogen-bond donors (Lipinski definition) is 2. The number of aryl methyl sites for hydroxylation is 1. The van der Waals surface area contributed by atoms with E-state index < -0.39 is 11.6 Å². The number of carbonyl (C=O) groups is 2. The van der Waals surface area contributed by atoms with Crippen LogP contribution in [0, 0.1) is 12.8 Å². The molecule has 1 fully saturated rings. The van der Waals surface area contributed by atoms with Gasteiger partial charge in [-0.05, 0) is 54.5 Å². The van der Waals surface area contributed by atoms with E-state index in [2.05, 4.69) is 5.32 Å². The molecule has 0 radical (unpaired) electrons. The number of amides is 2. The lowest BCUT2D eigenvalue weighted by Gasteiger charge is -2.43. The summed E-state index contributed by atoms with van der Waals surface area (Å²) >= 11 is 7.76. The second kappa shape index (κ2) is 12.2. The van der Waals surface area contributed by atoms with Gasteiger partial charge >= 0.3 is 0 Å². The van der Waals surface area contributed by atoms with Gasteiger partial charge < -0.3 is 15.3 Å². The van der Waals surface area contributed by atoms with E-state index in [1.807, 2.05) is 90.7 Å². The summed E-state index contributed by atoms with van der Waals surface area (Å²) in [7, 11) is 0. The molecule has 37 heavy (non-hydrogen) atoms. The first-order valence-corrected chi connectivity index (χ1v) is 13.9. The first-order valence-electron chi connectivity index (χ1n) is 12.6. The van der Waals surface area contributed by atoms with Crippen molar-refractivity contribution in [3.63, 3.8) is 0 Å². The Kier molecular flexibility index (Phi) is 8.95. The summed E-state index contributed by atoms with van der Waals surface area (Å²) in [5.41, 5.74) is 1.56. The molecule has 0 bridgehead atoms. The van der Waals surface area contributed by atoms with Crippen LogP contribution in [-0.4, -0.2) is 46.7 Å². The number of carbonyl (C=O) groups excluding carboxylic acids is 2. The first-order chi connectivity index (χ1) is 17.8. The minimum atomic E-state index is -1.14. The smallest absolute Gasteiger partial charge is 0.246 e. The number of halogens is 1. The SMILES string of the molecule is CC(=O)NC(CSc1ccc(C)c(Cl)c1)C(=O)N1CCC(C(O)(c2ccccc2)c2ccccc2)CC1. The maximum atomic E-state index is 13.5. The van der Waals surface area contributed by atoms with E-state index >= 15 is 0 Å². The Morgan fingerprint density at radius 1 is 1.03 bits per heavy atom. The maximum Gasteiger partial charge on any atom is 0.246 e. The van der Waals surface area contributed by atoms with Gasteiger partial charge in [0.25, 0.3) is 0 Å². The van der Waals surface area contributed by atoms with E-state index in [0.29, 0.717) is 36.7 Å². The molecule has 0 aromatic heterocycles. The normalized spacial score (nSPS) is 15.3. The number of likely N-dealkylation sites (tertiary alicyclic amines) is 1. The van der Waals surface area contributed by atoms with Crippen molar-refractivity contribution in [2.45, 2.75) is 43.2 Å². The fraction of sp³-hybridized carbons (Fsp3) is 0.333. The summed E-state index contributed by atoms with van der Waals surface area (Å²) in [6.07, 6.45) is 1.30. The number of thioether (sulfide) groups is 1. The molecule has 2 amide bonds. The third kappa shape index (κ3) is 6.38. The Morgan fingerprint density at radius 3 is 2.11 bits per heavy atom. The van der Waals surface area contributed by atoms with Crippen molar-refractivity contribution in [1.82, 2.24) is 10.2 Å². The minimum Gasteiger partial charge on any atom is -0.380 e. The molecular formula is C30H33ClN2O3S. The van der Waals surface area contributed by atoms with E-state index in [4.69, 9.17) is 11.6 Å². The Balaban J connectivity index is 1.47. The van der Waals surface area contributed by atoms with Crippen LogP contribution in [-0.2, 0) is 15.2 Å². The standard InChI is InChI=1S/C30H33ClN2O3S/c1-21-13-14-26(19-27(21)31)37-20-28(32-22(2)34)29(35)33-17-15-25(16-18-33)30(36,23-9-5-3-6-10-23)24-11-7-4-8-12-24/h3-14,19,25,28,36H,15-18,20H2,1-2H3,(H,32,34). The molecule has 3 aromatic rings. The van der Waals surface area contributed by atoms with Crippen molar-refractivity contribution in [1.29, 1.82) is 0 Å². The lowest BCUT2D eigenvalue weighted by molar-refractivity contribution is -0.137. The molecule has 1 heterocycles. The highest BCUT2D eigenvalue weighted by Crippen LogP contribution is 2.42. The summed E-state index contributed by atoms with van der Waals surface area (Å²) in [5.74, 6) is 0.0284. The molecular weight excluding hydrogens is 504 g/mol. The predicted molar refractivity (Wildman–Crippen MR) is 150 cm³/mol. The van der Waals surface area contributed by atoms with Crippen LogP contribution in [0.25, 0.3) is 0 Å². The van der Waals surface area contributed by atoms with E-state index in [1.165, 1.54) is 18.7 Å². The van der Waals surface area contributed by atoms with Gasteiger partial charge in [0, 0.05) is 35.7 Å². The van der Waals surface area contributed by atoms with Crippen LogP contribution in [0.4, 0.5) is 0 Å². The molecule has 1 atom stereocenters. The van der Waals surface area contributed by atoms with Gasteiger partial charge in [0.05, 0.1) is 0 Å². The molecule has 0 saturated carbocycles. The number of aliphatic hydroxyl groups is 1. The number of nitrogens with zero attached hydrogens (tertiary/aromatic N) is 1. The van der Waals surface area contributed by atoms with Crippen molar-refractivity contribution in [2.24, 2.45) is 5.92 Å². The lowest BCUT2D eigenvalue weighted by atomic mass is 9.72. The van der Waals surface area contributed by atoms with Crippen LogP contribution < -0.4 is 5.32 Å². The highest BCUT2D eigenvalue weighted by molar-refractivity contribution is 7.99. The molecule has 3 aromatic carbocycles. The molecule has 0 spiro atoms. The highest BCUT2D eigenvalue weighted by Gasteiger charge is 2.42. The third-order valence-electron chi connectivity index (χ3n) is 7.06. The summed E-state index contributed by atoms with van der Waals surface area (Å²) in [6.45, 7) is 4.41. The van der Waals surface area contributed by atoms with E-state index in [-0.39, 0.29) is 17.7 Å². The zero-order valence-corrected chi connectivity index (χ0v) is 22.8. The fourth-order valence-corrected chi connectivity index (χ4v) is 6.22. The van der Waals surface area contributed by atoms with Crippen molar-refractivity contribution >= 4 is 35.2 Å². The minimum absolute atomic E-state index is 0.0513.